The fourth-order valence-corrected chi connectivity index (χ4v) is 4.20. The lowest BCUT2D eigenvalue weighted by Gasteiger charge is -2.10. The van der Waals surface area contributed by atoms with Gasteiger partial charge in [0.25, 0.3) is 0 Å². The molecule has 0 saturated heterocycles. The topological polar surface area (TPSA) is 43.1 Å². The number of aryl methyl sites for hydroxylation is 1. The van der Waals surface area contributed by atoms with Crippen LogP contribution in [0.15, 0.2) is 91.8 Å². The van der Waals surface area contributed by atoms with Gasteiger partial charge in [-0.1, -0.05) is 54.2 Å². The predicted octanol–water partition coefficient (Wildman–Crippen LogP) is 5.91. The van der Waals surface area contributed by atoms with Crippen LogP contribution in [0, 0.1) is 6.92 Å². The van der Waals surface area contributed by atoms with E-state index in [4.69, 9.17) is 9.40 Å². The number of fused-ring (bicyclic) bond motifs is 4. The van der Waals surface area contributed by atoms with Crippen LogP contribution in [0.4, 0.5) is 0 Å². The summed E-state index contributed by atoms with van der Waals surface area (Å²) < 4.78 is 6.07. The second kappa shape index (κ2) is 6.25. The zero-order valence-corrected chi connectivity index (χ0v) is 15.4. The summed E-state index contributed by atoms with van der Waals surface area (Å²) in [6, 6.07) is 23.3. The molecule has 1 aliphatic heterocycles. The van der Waals surface area contributed by atoms with E-state index in [0.29, 0.717) is 16.7 Å². The molecule has 1 aliphatic carbocycles. The van der Waals surface area contributed by atoms with Gasteiger partial charge in [-0.05, 0) is 36.8 Å². The van der Waals surface area contributed by atoms with Crippen LogP contribution < -0.4 is 5.43 Å². The molecule has 0 atom stereocenters. The summed E-state index contributed by atoms with van der Waals surface area (Å²) in [7, 11) is 0. The molecular weight excluding hydrogens is 354 g/mol. The summed E-state index contributed by atoms with van der Waals surface area (Å²) in [6.07, 6.45) is 0. The Balaban J connectivity index is 1.69. The lowest BCUT2D eigenvalue weighted by molar-refractivity contribution is 0.613. The van der Waals surface area contributed by atoms with Crippen LogP contribution in [0.3, 0.4) is 0 Å². The van der Waals surface area contributed by atoms with Crippen molar-refractivity contribution < 1.29 is 4.42 Å². The average Bonchev–Trinajstić information content (AvgIpc) is 2.69. The third-order valence-electron chi connectivity index (χ3n) is 4.65. The molecule has 2 aliphatic rings. The van der Waals surface area contributed by atoms with Crippen LogP contribution in [-0.2, 0) is 0 Å². The first-order valence-corrected chi connectivity index (χ1v) is 9.50. The smallest absolute Gasteiger partial charge is 0.190 e. The van der Waals surface area contributed by atoms with Gasteiger partial charge in [0, 0.05) is 26.6 Å². The maximum absolute atomic E-state index is 12.4. The highest BCUT2D eigenvalue weighted by Gasteiger charge is 2.15. The van der Waals surface area contributed by atoms with Gasteiger partial charge in [0.05, 0.1) is 0 Å². The van der Waals surface area contributed by atoms with Gasteiger partial charge in [-0.2, -0.15) is 0 Å². The van der Waals surface area contributed by atoms with E-state index in [9.17, 15) is 4.79 Å². The van der Waals surface area contributed by atoms with Crippen LogP contribution in [0.25, 0.3) is 33.3 Å². The van der Waals surface area contributed by atoms with Crippen molar-refractivity contribution >= 4 is 33.6 Å². The normalized spacial score (nSPS) is 11.4. The molecule has 0 aromatic heterocycles. The molecule has 1 heterocycles. The van der Waals surface area contributed by atoms with Crippen LogP contribution >= 0.6 is 11.8 Å². The molecule has 0 saturated carbocycles. The third kappa shape index (κ3) is 2.78. The molecule has 0 spiro atoms. The predicted molar refractivity (Wildman–Crippen MR) is 110 cm³/mol. The summed E-state index contributed by atoms with van der Waals surface area (Å²) in [5.74, 6) is 0.518. The van der Waals surface area contributed by atoms with Crippen molar-refractivity contribution in [1.82, 2.24) is 4.98 Å². The molecule has 5 rings (SSSR count). The van der Waals surface area contributed by atoms with Gasteiger partial charge in [-0.3, -0.25) is 4.79 Å². The summed E-state index contributed by atoms with van der Waals surface area (Å²) in [5.41, 5.74) is 3.36. The van der Waals surface area contributed by atoms with E-state index in [2.05, 4.69) is 25.1 Å². The van der Waals surface area contributed by atoms with E-state index >= 15 is 0 Å². The van der Waals surface area contributed by atoms with E-state index in [1.54, 1.807) is 11.8 Å². The standard InChI is InChI=1S/C23H15NO2S/c1-14-6-2-5-9-22(14)27-15-10-11-18-20(12-15)26-21-13-19(25)16-7-3-4-8-17(16)23(21)24-18/h2-13H,1H3. The average molecular weight is 369 g/mol. The first-order valence-electron chi connectivity index (χ1n) is 8.69. The second-order valence-electron chi connectivity index (χ2n) is 6.48. The van der Waals surface area contributed by atoms with Crippen molar-refractivity contribution in [2.45, 2.75) is 16.7 Å². The van der Waals surface area contributed by atoms with Gasteiger partial charge in [0.15, 0.2) is 16.8 Å². The Morgan fingerprint density at radius 2 is 1.67 bits per heavy atom. The van der Waals surface area contributed by atoms with Crippen molar-refractivity contribution in [3.05, 3.63) is 88.6 Å². The highest BCUT2D eigenvalue weighted by molar-refractivity contribution is 7.99. The first-order chi connectivity index (χ1) is 13.2. The van der Waals surface area contributed by atoms with E-state index in [0.717, 1.165) is 21.5 Å². The van der Waals surface area contributed by atoms with Crippen molar-refractivity contribution in [3.63, 3.8) is 0 Å². The zero-order chi connectivity index (χ0) is 18.4. The SMILES string of the molecule is Cc1ccccc1Sc1ccc2nc3c4ccccc4c(=O)cc-3oc2c1. The molecule has 0 unspecified atom stereocenters. The summed E-state index contributed by atoms with van der Waals surface area (Å²) in [4.78, 5) is 19.4. The van der Waals surface area contributed by atoms with Gasteiger partial charge < -0.3 is 4.42 Å². The summed E-state index contributed by atoms with van der Waals surface area (Å²) in [6.45, 7) is 2.10. The molecule has 130 valence electrons. The number of aromatic nitrogens is 1. The van der Waals surface area contributed by atoms with E-state index in [1.807, 2.05) is 48.5 Å². The Hall–Kier alpha value is -3.11. The number of rotatable bonds is 2. The zero-order valence-electron chi connectivity index (χ0n) is 14.6. The second-order valence-corrected chi connectivity index (χ2v) is 7.59. The van der Waals surface area contributed by atoms with Gasteiger partial charge in [0.1, 0.15) is 11.2 Å². The van der Waals surface area contributed by atoms with Gasteiger partial charge >= 0.3 is 0 Å². The third-order valence-corrected chi connectivity index (χ3v) is 5.82. The minimum atomic E-state index is -0.0477. The van der Waals surface area contributed by atoms with Crippen LogP contribution in [0.5, 0.6) is 0 Å². The molecule has 0 amide bonds. The molecule has 27 heavy (non-hydrogen) atoms. The van der Waals surface area contributed by atoms with Crippen molar-refractivity contribution in [2.75, 3.05) is 0 Å². The van der Waals surface area contributed by atoms with Crippen LogP contribution in [-0.4, -0.2) is 4.98 Å². The van der Waals surface area contributed by atoms with Crippen molar-refractivity contribution in [1.29, 1.82) is 0 Å². The van der Waals surface area contributed by atoms with Gasteiger partial charge in [-0.25, -0.2) is 4.98 Å². The molecule has 4 heteroatoms. The maximum atomic E-state index is 12.4. The van der Waals surface area contributed by atoms with Gasteiger partial charge in [0.2, 0.25) is 0 Å². The summed E-state index contributed by atoms with van der Waals surface area (Å²) >= 11 is 1.69. The lowest BCUT2D eigenvalue weighted by atomic mass is 10.1. The van der Waals surface area contributed by atoms with E-state index in [-0.39, 0.29) is 5.43 Å². The fourth-order valence-electron chi connectivity index (χ4n) is 3.26. The first kappa shape index (κ1) is 16.1. The number of nitrogens with zero attached hydrogens (tertiary/aromatic N) is 1. The van der Waals surface area contributed by atoms with Crippen LogP contribution in [0.1, 0.15) is 5.56 Å². The summed E-state index contributed by atoms with van der Waals surface area (Å²) in [5, 5.41) is 1.49. The van der Waals surface area contributed by atoms with E-state index in [1.165, 1.54) is 16.5 Å². The Morgan fingerprint density at radius 1 is 0.889 bits per heavy atom. The number of hydrogen-bond donors (Lipinski definition) is 0. The molecule has 3 aromatic rings. The monoisotopic (exact) mass is 369 g/mol. The van der Waals surface area contributed by atoms with Crippen LogP contribution in [0.2, 0.25) is 0 Å². The molecule has 3 nitrogen and oxygen atoms in total. The Kier molecular flexibility index (Phi) is 3.73. The highest BCUT2D eigenvalue weighted by Crippen LogP contribution is 2.34. The Labute approximate surface area is 160 Å². The Bertz CT molecular complexity index is 1340. The van der Waals surface area contributed by atoms with E-state index < -0.39 is 0 Å². The number of hydrogen-bond acceptors (Lipinski definition) is 4. The molecule has 0 fully saturated rings. The largest absolute Gasteiger partial charge is 0.453 e. The minimum absolute atomic E-state index is 0.0477. The molecule has 0 N–H and O–H groups in total. The fraction of sp³-hybridized carbons (Fsp3) is 0.0435. The quantitative estimate of drug-likeness (QED) is 0.287. The number of benzene rings is 4. The van der Waals surface area contributed by atoms with Gasteiger partial charge in [-0.15, -0.1) is 0 Å². The van der Waals surface area contributed by atoms with Crippen molar-refractivity contribution in [3.8, 4) is 11.5 Å². The lowest BCUT2D eigenvalue weighted by Crippen LogP contribution is -2.03. The molecule has 0 bridgehead atoms. The molecular formula is C23H15NO2S. The Morgan fingerprint density at radius 3 is 2.52 bits per heavy atom. The maximum Gasteiger partial charge on any atom is 0.190 e. The highest BCUT2D eigenvalue weighted by atomic mass is 32.2. The molecule has 3 aromatic carbocycles. The molecule has 0 radical (unpaired) electrons. The van der Waals surface area contributed by atoms with Crippen molar-refractivity contribution in [2.24, 2.45) is 0 Å². The minimum Gasteiger partial charge on any atom is -0.453 e.